The normalized spacial score (nSPS) is 11.5. The topological polar surface area (TPSA) is 35.6 Å². The zero-order valence-electron chi connectivity index (χ0n) is 37.0. The lowest BCUT2D eigenvalue weighted by Crippen LogP contribution is -1.98. The number of rotatable bonds is 8. The Kier molecular flexibility index (Phi) is 9.47. The smallest absolute Gasteiger partial charge is 0.160 e. The summed E-state index contributed by atoms with van der Waals surface area (Å²) in [6, 6.07) is 91.1. The van der Waals surface area contributed by atoms with Crippen molar-refractivity contribution in [1.29, 1.82) is 0 Å². The molecule has 0 aliphatic heterocycles. The fourth-order valence-electron chi connectivity index (χ4n) is 10.0. The third-order valence-electron chi connectivity index (χ3n) is 13.3. The van der Waals surface area contributed by atoms with Crippen LogP contribution in [0.4, 0.5) is 0 Å². The van der Waals surface area contributed by atoms with Gasteiger partial charge in [-0.25, -0.2) is 9.97 Å². The number of benzene rings is 10. The van der Waals surface area contributed by atoms with Crippen molar-refractivity contribution in [2.45, 2.75) is 0 Å². The molecule has 0 fully saturated rings. The van der Waals surface area contributed by atoms with Gasteiger partial charge in [-0.15, -0.1) is 0 Å². The second-order valence-corrected chi connectivity index (χ2v) is 17.4. The van der Waals surface area contributed by atoms with Gasteiger partial charge in [-0.2, -0.15) is 0 Å². The Morgan fingerprint density at radius 2 is 0.603 bits per heavy atom. The van der Waals surface area contributed by atoms with Gasteiger partial charge in [-0.05, 0) is 130 Å². The first-order valence-electron chi connectivity index (χ1n) is 23.1. The minimum atomic E-state index is 0.676. The molecule has 0 atom stereocenters. The van der Waals surface area contributed by atoms with Crippen LogP contribution < -0.4 is 0 Å². The molecule has 4 heteroatoms. The van der Waals surface area contributed by atoms with Gasteiger partial charge in [0.05, 0.1) is 33.5 Å². The van der Waals surface area contributed by atoms with E-state index in [2.05, 4.69) is 258 Å². The van der Waals surface area contributed by atoms with Crippen molar-refractivity contribution in [3.63, 3.8) is 0 Å². The molecule has 13 aromatic rings. The highest BCUT2D eigenvalue weighted by atomic mass is 15.0. The van der Waals surface area contributed by atoms with Crippen LogP contribution in [0.15, 0.2) is 255 Å². The average Bonchev–Trinajstić information content (AvgIpc) is 3.94. The summed E-state index contributed by atoms with van der Waals surface area (Å²) < 4.78 is 4.75. The largest absolute Gasteiger partial charge is 0.309 e. The number of nitrogens with zero attached hydrogens (tertiary/aromatic N) is 4. The summed E-state index contributed by atoms with van der Waals surface area (Å²) in [4.78, 5) is 10.6. The van der Waals surface area contributed by atoms with Crippen molar-refractivity contribution >= 4 is 43.6 Å². The zero-order chi connectivity index (χ0) is 45.0. The standard InChI is InChI=1S/C64H42N4/c1-5-17-43(18-6-1)49-37-50(44-19-7-2-8-20-44)39-51(38-49)59-42-58(45-21-9-3-10-22-45)65-64(66-59)46-29-33-53(34-30-46)68-61-28-16-14-26-55(61)57-41-48(32-36-63(57)68)47-31-35-62-56(40-47)54-25-13-15-27-60(54)67(62)52-23-11-4-12-24-52/h1-42H. The van der Waals surface area contributed by atoms with Crippen LogP contribution in [0.3, 0.4) is 0 Å². The maximum atomic E-state index is 5.33. The van der Waals surface area contributed by atoms with Gasteiger partial charge in [0.25, 0.3) is 0 Å². The predicted octanol–water partition coefficient (Wildman–Crippen LogP) is 16.7. The van der Waals surface area contributed by atoms with Crippen LogP contribution in [0.2, 0.25) is 0 Å². The molecule has 0 radical (unpaired) electrons. The van der Waals surface area contributed by atoms with Crippen LogP contribution >= 0.6 is 0 Å². The van der Waals surface area contributed by atoms with Crippen LogP contribution in [0.5, 0.6) is 0 Å². The quantitative estimate of drug-likeness (QED) is 0.153. The molecule has 0 N–H and O–H groups in total. The minimum Gasteiger partial charge on any atom is -0.309 e. The van der Waals surface area contributed by atoms with Crippen LogP contribution in [0, 0.1) is 0 Å². The first-order valence-corrected chi connectivity index (χ1v) is 23.1. The van der Waals surface area contributed by atoms with Crippen molar-refractivity contribution in [1.82, 2.24) is 19.1 Å². The van der Waals surface area contributed by atoms with E-state index in [-0.39, 0.29) is 0 Å². The SMILES string of the molecule is c1ccc(-c2cc(-c3ccccc3)cc(-c3cc(-c4ccccc4)nc(-c4ccc(-n5c6ccccc6c6cc(-c7ccc8c(c7)c7ccccc7n8-c7ccccc7)ccc65)cc4)n3)c2)cc1. The van der Waals surface area contributed by atoms with Gasteiger partial charge >= 0.3 is 0 Å². The molecule has 0 unspecified atom stereocenters. The Balaban J connectivity index is 0.907. The van der Waals surface area contributed by atoms with E-state index in [0.29, 0.717) is 5.82 Å². The van der Waals surface area contributed by atoms with E-state index in [4.69, 9.17) is 9.97 Å². The molecule has 3 heterocycles. The summed E-state index contributed by atoms with van der Waals surface area (Å²) in [5.74, 6) is 0.676. The van der Waals surface area contributed by atoms with Gasteiger partial charge in [-0.3, -0.25) is 0 Å². The highest BCUT2D eigenvalue weighted by Gasteiger charge is 2.18. The third-order valence-corrected chi connectivity index (χ3v) is 13.3. The highest BCUT2D eigenvalue weighted by molar-refractivity contribution is 6.12. The number of hydrogen-bond donors (Lipinski definition) is 0. The maximum Gasteiger partial charge on any atom is 0.160 e. The molecule has 318 valence electrons. The van der Waals surface area contributed by atoms with Gasteiger partial charge in [0, 0.05) is 49.6 Å². The van der Waals surface area contributed by atoms with Crippen molar-refractivity contribution in [2.75, 3.05) is 0 Å². The number of aromatic nitrogens is 4. The Labute approximate surface area is 394 Å². The number of fused-ring (bicyclic) bond motifs is 6. The lowest BCUT2D eigenvalue weighted by Gasteiger charge is -2.14. The Hall–Kier alpha value is -9.12. The molecule has 0 spiro atoms. The van der Waals surface area contributed by atoms with Gasteiger partial charge in [-0.1, -0.05) is 158 Å². The number of hydrogen-bond acceptors (Lipinski definition) is 2. The molecule has 0 saturated carbocycles. The molecule has 68 heavy (non-hydrogen) atoms. The van der Waals surface area contributed by atoms with Crippen LogP contribution in [-0.2, 0) is 0 Å². The number of para-hydroxylation sites is 3. The van der Waals surface area contributed by atoms with Crippen molar-refractivity contribution in [3.05, 3.63) is 255 Å². The van der Waals surface area contributed by atoms with Crippen molar-refractivity contribution in [3.8, 4) is 78.7 Å². The van der Waals surface area contributed by atoms with Crippen molar-refractivity contribution < 1.29 is 0 Å². The molecule has 0 amide bonds. The first kappa shape index (κ1) is 39.3. The summed E-state index contributed by atoms with van der Waals surface area (Å²) >= 11 is 0. The molecule has 10 aromatic carbocycles. The lowest BCUT2D eigenvalue weighted by atomic mass is 9.94. The zero-order valence-corrected chi connectivity index (χ0v) is 37.0. The van der Waals surface area contributed by atoms with Crippen LogP contribution in [0.25, 0.3) is 122 Å². The average molecular weight is 867 g/mol. The predicted molar refractivity (Wildman–Crippen MR) is 283 cm³/mol. The molecule has 0 bridgehead atoms. The molecular formula is C64H42N4. The molecule has 0 saturated heterocycles. The van der Waals surface area contributed by atoms with E-state index in [1.54, 1.807) is 0 Å². The first-order chi connectivity index (χ1) is 33.7. The van der Waals surface area contributed by atoms with E-state index < -0.39 is 0 Å². The summed E-state index contributed by atoms with van der Waals surface area (Å²) in [5.41, 5.74) is 18.7. The van der Waals surface area contributed by atoms with Crippen molar-refractivity contribution in [2.24, 2.45) is 0 Å². The molecule has 4 nitrogen and oxygen atoms in total. The fraction of sp³-hybridized carbons (Fsp3) is 0. The second kappa shape index (κ2) is 16.4. The highest BCUT2D eigenvalue weighted by Crippen LogP contribution is 2.40. The summed E-state index contributed by atoms with van der Waals surface area (Å²) in [6.07, 6.45) is 0. The molecule has 3 aromatic heterocycles. The molecule has 0 aliphatic carbocycles. The van der Waals surface area contributed by atoms with E-state index in [0.717, 1.165) is 72.7 Å². The monoisotopic (exact) mass is 866 g/mol. The van der Waals surface area contributed by atoms with Gasteiger partial charge < -0.3 is 9.13 Å². The maximum absolute atomic E-state index is 5.33. The Morgan fingerprint density at radius 3 is 1.12 bits per heavy atom. The van der Waals surface area contributed by atoms with E-state index >= 15 is 0 Å². The van der Waals surface area contributed by atoms with E-state index in [9.17, 15) is 0 Å². The molecule has 0 aliphatic rings. The van der Waals surface area contributed by atoms with E-state index in [1.807, 2.05) is 6.07 Å². The Morgan fingerprint density at radius 1 is 0.221 bits per heavy atom. The van der Waals surface area contributed by atoms with Gasteiger partial charge in [0.2, 0.25) is 0 Å². The van der Waals surface area contributed by atoms with Crippen LogP contribution in [-0.4, -0.2) is 19.1 Å². The minimum absolute atomic E-state index is 0.676. The summed E-state index contributed by atoms with van der Waals surface area (Å²) in [7, 11) is 0. The molecule has 13 rings (SSSR count). The molecular weight excluding hydrogens is 825 g/mol. The Bertz CT molecular complexity index is 3930. The van der Waals surface area contributed by atoms with Gasteiger partial charge in [0.15, 0.2) is 5.82 Å². The van der Waals surface area contributed by atoms with E-state index in [1.165, 1.54) is 43.7 Å². The second-order valence-electron chi connectivity index (χ2n) is 17.4. The third kappa shape index (κ3) is 6.86. The van der Waals surface area contributed by atoms with Crippen LogP contribution in [0.1, 0.15) is 0 Å². The van der Waals surface area contributed by atoms with Gasteiger partial charge in [0.1, 0.15) is 0 Å². The summed E-state index contributed by atoms with van der Waals surface area (Å²) in [5, 5.41) is 4.92. The summed E-state index contributed by atoms with van der Waals surface area (Å²) in [6.45, 7) is 0. The fourth-order valence-corrected chi connectivity index (χ4v) is 10.0. The lowest BCUT2D eigenvalue weighted by molar-refractivity contribution is 1.16.